The lowest BCUT2D eigenvalue weighted by Gasteiger charge is -2.03. The predicted molar refractivity (Wildman–Crippen MR) is 55.7 cm³/mol. The highest BCUT2D eigenvalue weighted by atomic mass is 32.2. The van der Waals surface area contributed by atoms with Crippen LogP contribution in [0, 0.1) is 0 Å². The predicted octanol–water partition coefficient (Wildman–Crippen LogP) is 1.76. The van der Waals surface area contributed by atoms with Gasteiger partial charge in [-0.2, -0.15) is 0 Å². The molecule has 1 rings (SSSR count). The topological polar surface area (TPSA) is 95.9 Å². The molecule has 1 aromatic carbocycles. The third-order valence-electron chi connectivity index (χ3n) is 1.32. The van der Waals surface area contributed by atoms with Crippen LogP contribution in [-0.4, -0.2) is 10.5 Å². The van der Waals surface area contributed by atoms with Gasteiger partial charge in [-0.1, -0.05) is 39.0 Å². The quantitative estimate of drug-likeness (QED) is 0.482. The second kappa shape index (κ2) is 7.04. The van der Waals surface area contributed by atoms with E-state index in [4.69, 9.17) is 4.89 Å². The van der Waals surface area contributed by atoms with E-state index < -0.39 is 22.1 Å². The molecule has 0 amide bonds. The Balaban J connectivity index is 2.63. The summed E-state index contributed by atoms with van der Waals surface area (Å²) < 4.78 is 29.4. The molecule has 16 heavy (non-hydrogen) atoms. The molecule has 0 aliphatic heterocycles. The SMILES string of the molecule is O=[P+]([O-])OC(O[P+](=O)O)Sc1ccccc1. The van der Waals surface area contributed by atoms with E-state index >= 15 is 0 Å². The molecule has 0 fully saturated rings. The average Bonchev–Trinajstić information content (AvgIpc) is 2.16. The van der Waals surface area contributed by atoms with Gasteiger partial charge in [0.15, 0.2) is 0 Å². The van der Waals surface area contributed by atoms with Crippen LogP contribution in [-0.2, 0) is 18.2 Å². The van der Waals surface area contributed by atoms with Gasteiger partial charge in [0, 0.05) is 9.46 Å². The first kappa shape index (κ1) is 13.7. The minimum absolute atomic E-state index is 0.654. The van der Waals surface area contributed by atoms with Crippen LogP contribution in [0.25, 0.3) is 0 Å². The van der Waals surface area contributed by atoms with E-state index in [2.05, 4.69) is 9.05 Å². The van der Waals surface area contributed by atoms with E-state index in [9.17, 15) is 14.0 Å². The Morgan fingerprint density at radius 3 is 2.38 bits per heavy atom. The first-order chi connectivity index (χ1) is 7.58. The van der Waals surface area contributed by atoms with Crippen molar-refractivity contribution in [2.45, 2.75) is 10.5 Å². The maximum Gasteiger partial charge on any atom is 0.698 e. The summed E-state index contributed by atoms with van der Waals surface area (Å²) >= 11 is 0.873. The first-order valence-electron chi connectivity index (χ1n) is 3.93. The van der Waals surface area contributed by atoms with Crippen LogP contribution in [0.3, 0.4) is 0 Å². The molecule has 0 aliphatic rings. The summed E-state index contributed by atoms with van der Waals surface area (Å²) in [4.78, 5) is 19.5. The summed E-state index contributed by atoms with van der Waals surface area (Å²) in [7, 11) is -6.08. The van der Waals surface area contributed by atoms with Gasteiger partial charge in [-0.05, 0) is 16.7 Å². The minimum atomic E-state index is -3.15. The van der Waals surface area contributed by atoms with Gasteiger partial charge < -0.3 is 4.89 Å². The second-order valence-electron chi connectivity index (χ2n) is 2.39. The number of thioether (sulfide) groups is 1. The van der Waals surface area contributed by atoms with Crippen molar-refractivity contribution in [2.75, 3.05) is 0 Å². The molecule has 86 valence electrons. The molecular formula is C7H7O6P2S+. The highest BCUT2D eigenvalue weighted by molar-refractivity contribution is 7.99. The van der Waals surface area contributed by atoms with Crippen LogP contribution in [0.4, 0.5) is 0 Å². The number of benzene rings is 1. The van der Waals surface area contributed by atoms with Crippen LogP contribution in [0.1, 0.15) is 0 Å². The van der Waals surface area contributed by atoms with E-state index in [1.165, 1.54) is 0 Å². The molecule has 0 bridgehead atoms. The number of rotatable bonds is 6. The summed E-state index contributed by atoms with van der Waals surface area (Å²) in [5, 5.41) is 0. The zero-order valence-corrected chi connectivity index (χ0v) is 10.4. The molecule has 0 radical (unpaired) electrons. The van der Waals surface area contributed by atoms with E-state index in [0.29, 0.717) is 4.90 Å². The molecule has 0 aromatic heterocycles. The zero-order valence-electron chi connectivity index (χ0n) is 7.76. The number of hydrogen-bond donors (Lipinski definition) is 1. The second-order valence-corrected chi connectivity index (χ2v) is 4.83. The Labute approximate surface area is 97.5 Å². The average molecular weight is 281 g/mol. The Morgan fingerprint density at radius 2 is 1.88 bits per heavy atom. The van der Waals surface area contributed by atoms with Crippen LogP contribution in [0.15, 0.2) is 35.2 Å². The smallest absolute Gasteiger partial charge is 0.566 e. The summed E-state index contributed by atoms with van der Waals surface area (Å²) in [6.45, 7) is 0. The fourth-order valence-corrected chi connectivity index (χ4v) is 2.57. The van der Waals surface area contributed by atoms with Gasteiger partial charge in [-0.25, -0.2) is 0 Å². The van der Waals surface area contributed by atoms with Gasteiger partial charge in [0.05, 0.1) is 0 Å². The molecule has 0 saturated carbocycles. The van der Waals surface area contributed by atoms with Gasteiger partial charge in [0.25, 0.3) is 0 Å². The van der Waals surface area contributed by atoms with Gasteiger partial charge in [-0.3, -0.25) is 0 Å². The molecule has 1 aromatic rings. The maximum absolute atomic E-state index is 10.4. The highest BCUT2D eigenvalue weighted by Gasteiger charge is 2.30. The summed E-state index contributed by atoms with van der Waals surface area (Å²) in [6, 6.07) is 8.62. The lowest BCUT2D eigenvalue weighted by molar-refractivity contribution is -0.191. The van der Waals surface area contributed by atoms with E-state index in [1.807, 2.05) is 0 Å². The molecule has 1 N–H and O–H groups in total. The van der Waals surface area contributed by atoms with E-state index in [1.54, 1.807) is 30.3 Å². The highest BCUT2D eigenvalue weighted by Crippen LogP contribution is 2.34. The minimum Gasteiger partial charge on any atom is -0.566 e. The van der Waals surface area contributed by atoms with Crippen LogP contribution < -0.4 is 4.89 Å². The van der Waals surface area contributed by atoms with Gasteiger partial charge in [-0.15, -0.1) is 4.89 Å². The van der Waals surface area contributed by atoms with Crippen molar-refractivity contribution in [3.05, 3.63) is 30.3 Å². The Bertz CT molecular complexity index is 356. The van der Waals surface area contributed by atoms with E-state index in [0.717, 1.165) is 11.8 Å². The van der Waals surface area contributed by atoms with Crippen molar-refractivity contribution in [2.24, 2.45) is 0 Å². The third-order valence-corrected chi connectivity index (χ3v) is 3.27. The van der Waals surface area contributed by atoms with Crippen molar-refractivity contribution >= 4 is 28.3 Å². The lowest BCUT2D eigenvalue weighted by Crippen LogP contribution is -2.07. The fraction of sp³-hybridized carbons (Fsp3) is 0.143. The van der Waals surface area contributed by atoms with Crippen molar-refractivity contribution < 1.29 is 28.0 Å². The monoisotopic (exact) mass is 281 g/mol. The van der Waals surface area contributed by atoms with Crippen LogP contribution in [0.5, 0.6) is 0 Å². The first-order valence-corrected chi connectivity index (χ1v) is 7.04. The van der Waals surface area contributed by atoms with Gasteiger partial charge in [0.2, 0.25) is 0 Å². The summed E-state index contributed by atoms with van der Waals surface area (Å²) in [6.07, 6.45) is 0. The van der Waals surface area contributed by atoms with Crippen LogP contribution in [0.2, 0.25) is 0 Å². The normalized spacial score (nSPS) is 14.4. The Kier molecular flexibility index (Phi) is 6.01. The summed E-state index contributed by atoms with van der Waals surface area (Å²) in [5.74, 6) is 0. The molecular weight excluding hydrogens is 274 g/mol. The van der Waals surface area contributed by atoms with Crippen molar-refractivity contribution in [3.63, 3.8) is 0 Å². The largest absolute Gasteiger partial charge is 0.698 e. The van der Waals surface area contributed by atoms with Crippen molar-refractivity contribution in [3.8, 4) is 0 Å². The molecule has 3 atom stereocenters. The van der Waals surface area contributed by atoms with Crippen molar-refractivity contribution in [1.82, 2.24) is 0 Å². The van der Waals surface area contributed by atoms with Gasteiger partial charge >= 0.3 is 22.1 Å². The Hall–Kier alpha value is -0.390. The van der Waals surface area contributed by atoms with Gasteiger partial charge in [0.1, 0.15) is 0 Å². The zero-order chi connectivity index (χ0) is 12.0. The third kappa shape index (κ3) is 5.63. The van der Waals surface area contributed by atoms with Crippen LogP contribution >= 0.6 is 28.3 Å². The number of hydrogen-bond acceptors (Lipinski definition) is 6. The van der Waals surface area contributed by atoms with E-state index in [-0.39, 0.29) is 0 Å². The molecule has 0 heterocycles. The molecule has 0 saturated heterocycles. The molecule has 3 unspecified atom stereocenters. The summed E-state index contributed by atoms with van der Waals surface area (Å²) in [5.41, 5.74) is -1.36. The van der Waals surface area contributed by atoms with Crippen molar-refractivity contribution in [1.29, 1.82) is 0 Å². The lowest BCUT2D eigenvalue weighted by atomic mass is 10.4. The molecule has 0 spiro atoms. The fourth-order valence-electron chi connectivity index (χ4n) is 0.816. The Morgan fingerprint density at radius 1 is 1.25 bits per heavy atom. The molecule has 0 aliphatic carbocycles. The standard InChI is InChI=1S/C7H6O6P2S/c8-14(9)12-7(13-15(10)11)16-6-4-2-1-3-5-6/h1-5,7H/p+1. The molecule has 6 nitrogen and oxygen atoms in total. The maximum atomic E-state index is 10.4. The molecule has 9 heteroatoms.